The van der Waals surface area contributed by atoms with Crippen molar-refractivity contribution >= 4 is 34.0 Å². The fraction of sp³-hybridized carbons (Fsp3) is 0.571. The number of benzene rings is 1. The Labute approximate surface area is 141 Å². The molecule has 1 aliphatic carbocycles. The van der Waals surface area contributed by atoms with Gasteiger partial charge in [0.15, 0.2) is 0 Å². The minimum Gasteiger partial charge on any atom is -0.327 e. The second kappa shape index (κ2) is 6.61. The number of fused-ring (bicyclic) bond motifs is 1. The summed E-state index contributed by atoms with van der Waals surface area (Å²) in [6, 6.07) is 3.64. The molecule has 22 heavy (non-hydrogen) atoms. The monoisotopic (exact) mass is 368 g/mol. The maximum absolute atomic E-state index is 13.9. The fourth-order valence-electron chi connectivity index (χ4n) is 3.49. The lowest BCUT2D eigenvalue weighted by Crippen LogP contribution is -2.38. The lowest BCUT2D eigenvalue weighted by molar-refractivity contribution is 0.260. The standard InChI is InChI=1S/C14H18ClFN2O2S.ClH/c15-10-4-5-12(16)14(6-10)21(19,20)18-7-9-2-1-3-13(17)11(9)8-18;/h4-6,9,11,13H,1-3,7-8,17H2;1H. The molecule has 1 saturated heterocycles. The van der Waals surface area contributed by atoms with Gasteiger partial charge in [0.1, 0.15) is 10.7 Å². The van der Waals surface area contributed by atoms with Gasteiger partial charge in [0, 0.05) is 24.2 Å². The molecule has 1 aromatic carbocycles. The van der Waals surface area contributed by atoms with Gasteiger partial charge in [0.05, 0.1) is 0 Å². The Morgan fingerprint density at radius 1 is 1.27 bits per heavy atom. The topological polar surface area (TPSA) is 63.4 Å². The van der Waals surface area contributed by atoms with Crippen LogP contribution in [0.15, 0.2) is 23.1 Å². The van der Waals surface area contributed by atoms with Crippen LogP contribution in [0.25, 0.3) is 0 Å². The van der Waals surface area contributed by atoms with Crippen molar-refractivity contribution in [1.82, 2.24) is 4.31 Å². The normalized spacial score (nSPS) is 29.0. The van der Waals surface area contributed by atoms with Crippen molar-refractivity contribution in [2.24, 2.45) is 17.6 Å². The lowest BCUT2D eigenvalue weighted by atomic mass is 9.78. The molecule has 0 bridgehead atoms. The third-order valence-corrected chi connectivity index (χ3v) is 6.71. The highest BCUT2D eigenvalue weighted by Crippen LogP contribution is 2.38. The molecule has 1 aliphatic heterocycles. The first-order valence-electron chi connectivity index (χ1n) is 7.10. The van der Waals surface area contributed by atoms with E-state index in [0.29, 0.717) is 13.1 Å². The van der Waals surface area contributed by atoms with Crippen molar-refractivity contribution in [3.63, 3.8) is 0 Å². The summed E-state index contributed by atoms with van der Waals surface area (Å²) in [5.41, 5.74) is 6.10. The summed E-state index contributed by atoms with van der Waals surface area (Å²) in [6.45, 7) is 0.798. The molecule has 1 aromatic rings. The smallest absolute Gasteiger partial charge is 0.246 e. The van der Waals surface area contributed by atoms with E-state index in [1.807, 2.05) is 0 Å². The van der Waals surface area contributed by atoms with Crippen LogP contribution in [0.4, 0.5) is 4.39 Å². The summed E-state index contributed by atoms with van der Waals surface area (Å²) < 4.78 is 40.5. The van der Waals surface area contributed by atoms with Crippen LogP contribution in [0.5, 0.6) is 0 Å². The van der Waals surface area contributed by atoms with Crippen LogP contribution in [0, 0.1) is 17.7 Å². The number of hydrogen-bond donors (Lipinski definition) is 1. The largest absolute Gasteiger partial charge is 0.327 e. The van der Waals surface area contributed by atoms with Gasteiger partial charge in [-0.05, 0) is 42.9 Å². The molecule has 3 unspecified atom stereocenters. The SMILES string of the molecule is Cl.NC1CCCC2CN(S(=O)(=O)c3cc(Cl)ccc3F)CC12. The molecule has 4 nitrogen and oxygen atoms in total. The van der Waals surface area contributed by atoms with E-state index < -0.39 is 15.8 Å². The van der Waals surface area contributed by atoms with Crippen LogP contribution in [0.1, 0.15) is 19.3 Å². The van der Waals surface area contributed by atoms with E-state index in [9.17, 15) is 12.8 Å². The molecular weight excluding hydrogens is 350 g/mol. The molecule has 2 aliphatic rings. The minimum absolute atomic E-state index is 0. The predicted molar refractivity (Wildman–Crippen MR) is 86.2 cm³/mol. The molecule has 2 fully saturated rings. The molecular formula is C14H19Cl2FN2O2S. The van der Waals surface area contributed by atoms with Crippen LogP contribution < -0.4 is 5.73 Å². The van der Waals surface area contributed by atoms with Gasteiger partial charge in [-0.1, -0.05) is 18.0 Å². The van der Waals surface area contributed by atoms with Gasteiger partial charge >= 0.3 is 0 Å². The van der Waals surface area contributed by atoms with Gasteiger partial charge in [0.2, 0.25) is 10.0 Å². The number of nitrogens with two attached hydrogens (primary N) is 1. The van der Waals surface area contributed by atoms with Crippen LogP contribution in [-0.2, 0) is 10.0 Å². The van der Waals surface area contributed by atoms with Gasteiger partial charge in [-0.2, -0.15) is 4.31 Å². The van der Waals surface area contributed by atoms with Crippen molar-refractivity contribution in [2.75, 3.05) is 13.1 Å². The zero-order chi connectivity index (χ0) is 15.2. The lowest BCUT2D eigenvalue weighted by Gasteiger charge is -2.29. The zero-order valence-corrected chi connectivity index (χ0v) is 14.3. The summed E-state index contributed by atoms with van der Waals surface area (Å²) in [7, 11) is -3.86. The Morgan fingerprint density at radius 2 is 2.00 bits per heavy atom. The van der Waals surface area contributed by atoms with E-state index in [2.05, 4.69) is 0 Å². The highest BCUT2D eigenvalue weighted by Gasteiger charge is 2.43. The average Bonchev–Trinajstić information content (AvgIpc) is 2.88. The van der Waals surface area contributed by atoms with E-state index >= 15 is 0 Å². The summed E-state index contributed by atoms with van der Waals surface area (Å²) >= 11 is 5.81. The van der Waals surface area contributed by atoms with Gasteiger partial charge in [-0.15, -0.1) is 12.4 Å². The summed E-state index contributed by atoms with van der Waals surface area (Å²) in [5, 5.41) is 0.211. The van der Waals surface area contributed by atoms with Crippen molar-refractivity contribution in [3.8, 4) is 0 Å². The van der Waals surface area contributed by atoms with Gasteiger partial charge in [-0.3, -0.25) is 0 Å². The van der Waals surface area contributed by atoms with E-state index in [1.54, 1.807) is 0 Å². The van der Waals surface area contributed by atoms with Crippen LogP contribution in [0.2, 0.25) is 5.02 Å². The molecule has 8 heteroatoms. The fourth-order valence-corrected chi connectivity index (χ4v) is 5.35. The summed E-state index contributed by atoms with van der Waals surface area (Å²) in [5.74, 6) is -0.305. The zero-order valence-electron chi connectivity index (χ0n) is 11.9. The van der Waals surface area contributed by atoms with Gasteiger partial charge in [-0.25, -0.2) is 12.8 Å². The summed E-state index contributed by atoms with van der Waals surface area (Å²) in [4.78, 5) is -0.345. The Hall–Kier alpha value is -0.400. The first-order valence-corrected chi connectivity index (χ1v) is 8.92. The van der Waals surface area contributed by atoms with Crippen LogP contribution in [0.3, 0.4) is 0 Å². The van der Waals surface area contributed by atoms with Crippen molar-refractivity contribution < 1.29 is 12.8 Å². The van der Waals surface area contributed by atoms with E-state index in [-0.39, 0.29) is 40.2 Å². The maximum Gasteiger partial charge on any atom is 0.246 e. The Kier molecular flexibility index (Phi) is 5.39. The van der Waals surface area contributed by atoms with Crippen LogP contribution in [-0.4, -0.2) is 31.9 Å². The van der Waals surface area contributed by atoms with Crippen molar-refractivity contribution in [3.05, 3.63) is 29.0 Å². The number of nitrogens with zero attached hydrogens (tertiary/aromatic N) is 1. The molecule has 2 N–H and O–H groups in total. The Balaban J connectivity index is 0.00000176. The quantitative estimate of drug-likeness (QED) is 0.872. The molecule has 3 rings (SSSR count). The van der Waals surface area contributed by atoms with E-state index in [4.69, 9.17) is 17.3 Å². The summed E-state index contributed by atoms with van der Waals surface area (Å²) in [6.07, 6.45) is 2.95. The molecule has 0 aromatic heterocycles. The number of sulfonamides is 1. The van der Waals surface area contributed by atoms with E-state index in [0.717, 1.165) is 25.3 Å². The maximum atomic E-state index is 13.9. The predicted octanol–water partition coefficient (Wildman–Crippen LogP) is 2.65. The number of halogens is 3. The molecule has 0 amide bonds. The minimum atomic E-state index is -3.86. The molecule has 3 atom stereocenters. The molecule has 1 saturated carbocycles. The molecule has 0 radical (unpaired) electrons. The molecule has 1 heterocycles. The third kappa shape index (κ3) is 3.12. The first-order chi connectivity index (χ1) is 9.89. The second-order valence-corrected chi connectivity index (χ2v) is 8.26. The van der Waals surface area contributed by atoms with Crippen molar-refractivity contribution in [1.29, 1.82) is 0 Å². The Bertz CT molecular complexity index is 656. The highest BCUT2D eigenvalue weighted by molar-refractivity contribution is 7.89. The van der Waals surface area contributed by atoms with E-state index in [1.165, 1.54) is 16.4 Å². The second-order valence-electron chi connectivity index (χ2n) is 5.92. The molecule has 124 valence electrons. The van der Waals surface area contributed by atoms with Gasteiger partial charge in [0.25, 0.3) is 0 Å². The molecule has 0 spiro atoms. The third-order valence-electron chi connectivity index (χ3n) is 4.63. The van der Waals surface area contributed by atoms with Crippen molar-refractivity contribution in [2.45, 2.75) is 30.2 Å². The van der Waals surface area contributed by atoms with Crippen LogP contribution >= 0.6 is 24.0 Å². The number of rotatable bonds is 2. The first kappa shape index (κ1) is 17.9. The van der Waals surface area contributed by atoms with Gasteiger partial charge < -0.3 is 5.73 Å². The highest BCUT2D eigenvalue weighted by atomic mass is 35.5. The number of hydrogen-bond acceptors (Lipinski definition) is 3. The average molecular weight is 369 g/mol. The Morgan fingerprint density at radius 3 is 2.68 bits per heavy atom.